The van der Waals surface area contributed by atoms with E-state index in [1.54, 1.807) is 0 Å². The van der Waals surface area contributed by atoms with Gasteiger partial charge >= 0.3 is 0 Å². The molecule has 0 saturated heterocycles. The number of nitrogens with zero attached hydrogens (tertiary/aromatic N) is 5. The first-order valence-electron chi connectivity index (χ1n) is 7.51. The minimum Gasteiger partial charge on any atom is -0.296 e. The number of nitrogens with one attached hydrogen (secondary N) is 1. The summed E-state index contributed by atoms with van der Waals surface area (Å²) >= 11 is 2.77. The topological polar surface area (TPSA) is 85.6 Å². The summed E-state index contributed by atoms with van der Waals surface area (Å²) in [6, 6.07) is 2.05. The van der Waals surface area contributed by atoms with E-state index >= 15 is 0 Å². The maximum Gasteiger partial charge on any atom is 0.269 e. The Balaban J connectivity index is 1.62. The minimum atomic E-state index is -0.181. The molecule has 3 heterocycles. The van der Waals surface area contributed by atoms with Gasteiger partial charge in [0.15, 0.2) is 0 Å². The molecule has 7 nitrogen and oxygen atoms in total. The van der Waals surface area contributed by atoms with Gasteiger partial charge in [0.05, 0.1) is 16.4 Å². The Morgan fingerprint density at radius 1 is 1.21 bits per heavy atom. The van der Waals surface area contributed by atoms with Crippen molar-refractivity contribution in [2.45, 2.75) is 40.7 Å². The van der Waals surface area contributed by atoms with Gasteiger partial charge < -0.3 is 0 Å². The molecule has 0 saturated carbocycles. The smallest absolute Gasteiger partial charge is 0.269 e. The lowest BCUT2D eigenvalue weighted by Crippen LogP contribution is -2.11. The number of hydrogen-bond donors (Lipinski definition) is 1. The molecule has 0 atom stereocenters. The average Bonchev–Trinajstić information content (AvgIpc) is 3.17. The highest BCUT2D eigenvalue weighted by Crippen LogP contribution is 2.21. The molecule has 0 aliphatic carbocycles. The Hall–Kier alpha value is -2.13. The third-order valence-corrected chi connectivity index (χ3v) is 5.41. The van der Waals surface area contributed by atoms with Crippen LogP contribution >= 0.6 is 22.7 Å². The van der Waals surface area contributed by atoms with Crippen molar-refractivity contribution < 1.29 is 4.79 Å². The van der Waals surface area contributed by atoms with E-state index in [0.29, 0.717) is 10.0 Å². The van der Waals surface area contributed by atoms with Crippen LogP contribution in [-0.4, -0.2) is 30.9 Å². The van der Waals surface area contributed by atoms with Crippen LogP contribution in [0.3, 0.4) is 0 Å². The van der Waals surface area contributed by atoms with Crippen molar-refractivity contribution in [2.24, 2.45) is 0 Å². The number of hydrogen-bond acceptors (Lipinski definition) is 7. The molecule has 9 heteroatoms. The molecule has 0 bridgehead atoms. The fourth-order valence-corrected chi connectivity index (χ4v) is 3.94. The van der Waals surface area contributed by atoms with Crippen molar-refractivity contribution in [3.05, 3.63) is 38.0 Å². The predicted molar refractivity (Wildman–Crippen MR) is 94.9 cm³/mol. The summed E-state index contributed by atoms with van der Waals surface area (Å²) in [6.45, 7) is 8.47. The maximum absolute atomic E-state index is 12.3. The SMILES string of the molecule is Cc1cc(C)n(CCc2nnc(NC(=O)c3sc(C)nc3C)s2)n1. The minimum absolute atomic E-state index is 0.181. The van der Waals surface area contributed by atoms with Crippen LogP contribution in [-0.2, 0) is 13.0 Å². The van der Waals surface area contributed by atoms with Crippen LogP contribution in [0, 0.1) is 27.7 Å². The van der Waals surface area contributed by atoms with Gasteiger partial charge in [0.25, 0.3) is 5.91 Å². The van der Waals surface area contributed by atoms with Crippen molar-refractivity contribution in [3.8, 4) is 0 Å². The van der Waals surface area contributed by atoms with Crippen LogP contribution in [0.1, 0.15) is 36.8 Å². The molecule has 3 aromatic heterocycles. The van der Waals surface area contributed by atoms with Crippen molar-refractivity contribution in [2.75, 3.05) is 5.32 Å². The first-order chi connectivity index (χ1) is 11.4. The monoisotopic (exact) mass is 362 g/mol. The molecular weight excluding hydrogens is 344 g/mol. The van der Waals surface area contributed by atoms with Crippen molar-refractivity contribution in [1.82, 2.24) is 25.0 Å². The zero-order valence-corrected chi connectivity index (χ0v) is 15.6. The normalized spacial score (nSPS) is 11.0. The fraction of sp³-hybridized carbons (Fsp3) is 0.400. The summed E-state index contributed by atoms with van der Waals surface area (Å²) < 4.78 is 1.96. The van der Waals surface area contributed by atoms with Gasteiger partial charge in [-0.15, -0.1) is 21.5 Å². The highest BCUT2D eigenvalue weighted by atomic mass is 32.1. The van der Waals surface area contributed by atoms with Gasteiger partial charge in [0.1, 0.15) is 9.88 Å². The van der Waals surface area contributed by atoms with E-state index in [1.807, 2.05) is 38.4 Å². The molecule has 24 heavy (non-hydrogen) atoms. The lowest BCUT2D eigenvalue weighted by Gasteiger charge is -2.01. The van der Waals surface area contributed by atoms with Crippen LogP contribution < -0.4 is 5.32 Å². The van der Waals surface area contributed by atoms with Gasteiger partial charge in [-0.1, -0.05) is 11.3 Å². The Morgan fingerprint density at radius 3 is 2.62 bits per heavy atom. The third kappa shape index (κ3) is 3.68. The molecule has 3 aromatic rings. The summed E-state index contributed by atoms with van der Waals surface area (Å²) in [6.07, 6.45) is 0.730. The average molecular weight is 362 g/mol. The van der Waals surface area contributed by atoms with E-state index in [0.717, 1.165) is 40.1 Å². The molecular formula is C15H18N6OS2. The zero-order valence-electron chi connectivity index (χ0n) is 14.0. The van der Waals surface area contributed by atoms with Crippen LogP contribution in [0.15, 0.2) is 6.07 Å². The molecule has 0 fully saturated rings. The number of thiazole rings is 1. The molecule has 3 rings (SSSR count). The van der Waals surface area contributed by atoms with E-state index < -0.39 is 0 Å². The standard InChI is InChI=1S/C15H18N6OS2/c1-8-7-9(2)21(20-8)6-5-12-18-19-15(24-12)17-14(22)13-10(3)16-11(4)23-13/h7H,5-6H2,1-4H3,(H,17,19,22). The Morgan fingerprint density at radius 2 is 2.00 bits per heavy atom. The molecule has 0 aliphatic heterocycles. The molecule has 0 aromatic carbocycles. The highest BCUT2D eigenvalue weighted by Gasteiger charge is 2.16. The summed E-state index contributed by atoms with van der Waals surface area (Å²) in [5, 5.41) is 17.7. The Kier molecular flexibility index (Phi) is 4.72. The second-order valence-corrected chi connectivity index (χ2v) is 7.77. The van der Waals surface area contributed by atoms with Gasteiger partial charge in [-0.3, -0.25) is 14.8 Å². The molecule has 0 aliphatic rings. The molecule has 126 valence electrons. The Bertz CT molecular complexity index is 879. The zero-order chi connectivity index (χ0) is 17.3. The number of anilines is 1. The van der Waals surface area contributed by atoms with Crippen molar-refractivity contribution in [3.63, 3.8) is 0 Å². The fourth-order valence-electron chi connectivity index (χ4n) is 2.40. The second kappa shape index (κ2) is 6.78. The van der Waals surface area contributed by atoms with Crippen molar-refractivity contribution >= 4 is 33.7 Å². The van der Waals surface area contributed by atoms with Crippen LogP contribution in [0.5, 0.6) is 0 Å². The van der Waals surface area contributed by atoms with E-state index in [2.05, 4.69) is 25.6 Å². The first-order valence-corrected chi connectivity index (χ1v) is 9.14. The predicted octanol–water partition coefficient (Wildman–Crippen LogP) is 2.92. The number of aromatic nitrogens is 5. The van der Waals surface area contributed by atoms with Crippen LogP contribution in [0.2, 0.25) is 0 Å². The summed E-state index contributed by atoms with van der Waals surface area (Å²) in [7, 11) is 0. The largest absolute Gasteiger partial charge is 0.296 e. The van der Waals surface area contributed by atoms with Gasteiger partial charge in [0.2, 0.25) is 5.13 Å². The highest BCUT2D eigenvalue weighted by molar-refractivity contribution is 7.16. The third-order valence-electron chi connectivity index (χ3n) is 3.44. The van der Waals surface area contributed by atoms with Gasteiger partial charge in [-0.25, -0.2) is 4.98 Å². The quantitative estimate of drug-likeness (QED) is 0.754. The summed E-state index contributed by atoms with van der Waals surface area (Å²) in [4.78, 5) is 17.2. The summed E-state index contributed by atoms with van der Waals surface area (Å²) in [5.74, 6) is -0.181. The van der Waals surface area contributed by atoms with Crippen molar-refractivity contribution in [1.29, 1.82) is 0 Å². The van der Waals surface area contributed by atoms with Gasteiger partial charge in [0, 0.05) is 18.7 Å². The lowest BCUT2D eigenvalue weighted by molar-refractivity contribution is 0.102. The van der Waals surface area contributed by atoms with Gasteiger partial charge in [-0.2, -0.15) is 5.10 Å². The summed E-state index contributed by atoms with van der Waals surface area (Å²) in [5.41, 5.74) is 2.87. The number of amides is 1. The second-order valence-electron chi connectivity index (χ2n) is 5.50. The van der Waals surface area contributed by atoms with E-state index in [9.17, 15) is 4.79 Å². The van der Waals surface area contributed by atoms with E-state index in [4.69, 9.17) is 0 Å². The molecule has 1 N–H and O–H groups in total. The van der Waals surface area contributed by atoms with E-state index in [-0.39, 0.29) is 5.91 Å². The molecule has 0 spiro atoms. The van der Waals surface area contributed by atoms with Crippen LogP contribution in [0.4, 0.5) is 5.13 Å². The number of carbonyl (C=O) groups excluding carboxylic acids is 1. The first kappa shape index (κ1) is 16.7. The number of aryl methyl sites for hydroxylation is 6. The van der Waals surface area contributed by atoms with E-state index in [1.165, 1.54) is 22.7 Å². The number of carbonyl (C=O) groups is 1. The lowest BCUT2D eigenvalue weighted by atomic mass is 10.4. The van der Waals surface area contributed by atoms with Gasteiger partial charge in [-0.05, 0) is 33.8 Å². The molecule has 0 radical (unpaired) electrons. The Labute approximate surface area is 147 Å². The maximum atomic E-state index is 12.3. The number of rotatable bonds is 5. The molecule has 1 amide bonds. The molecule has 0 unspecified atom stereocenters. The van der Waals surface area contributed by atoms with Crippen LogP contribution in [0.25, 0.3) is 0 Å².